The van der Waals surface area contributed by atoms with Crippen molar-refractivity contribution in [2.75, 3.05) is 20.2 Å². The maximum atomic E-state index is 11.7. The van der Waals surface area contributed by atoms with Gasteiger partial charge in [0.1, 0.15) is 0 Å². The van der Waals surface area contributed by atoms with Crippen molar-refractivity contribution in [2.45, 2.75) is 26.3 Å². The third-order valence-electron chi connectivity index (χ3n) is 3.48. The number of hydrogen-bond acceptors (Lipinski definition) is 5. The normalized spacial score (nSPS) is 10.3. The minimum Gasteiger partial charge on any atom is -0.490 e. The van der Waals surface area contributed by atoms with E-state index >= 15 is 0 Å². The first kappa shape index (κ1) is 18.7. The van der Waals surface area contributed by atoms with Crippen LogP contribution in [0.25, 0.3) is 0 Å². The summed E-state index contributed by atoms with van der Waals surface area (Å²) < 4.78 is 11.3. The van der Waals surface area contributed by atoms with Crippen LogP contribution in [0.15, 0.2) is 42.6 Å². The van der Waals surface area contributed by atoms with E-state index < -0.39 is 0 Å². The van der Waals surface area contributed by atoms with E-state index in [1.165, 1.54) is 0 Å². The zero-order valence-corrected chi connectivity index (χ0v) is 14.7. The Morgan fingerprint density at radius 3 is 2.64 bits per heavy atom. The molecule has 0 saturated carbocycles. The zero-order valence-electron chi connectivity index (χ0n) is 14.7. The molecule has 0 bridgehead atoms. The van der Waals surface area contributed by atoms with Crippen LogP contribution in [-0.4, -0.2) is 31.1 Å². The Labute approximate surface area is 148 Å². The summed E-state index contributed by atoms with van der Waals surface area (Å²) in [7, 11) is 1.87. The molecule has 0 unspecified atom stereocenters. The van der Waals surface area contributed by atoms with Crippen LogP contribution in [0.1, 0.15) is 25.3 Å². The number of aromatic nitrogens is 1. The Morgan fingerprint density at radius 1 is 1.16 bits per heavy atom. The molecular weight excluding hydrogens is 318 g/mol. The van der Waals surface area contributed by atoms with E-state index in [1.807, 2.05) is 44.3 Å². The molecule has 0 aliphatic heterocycles. The second-order valence-corrected chi connectivity index (χ2v) is 5.47. The van der Waals surface area contributed by atoms with Crippen molar-refractivity contribution < 1.29 is 14.3 Å². The van der Waals surface area contributed by atoms with Gasteiger partial charge in [0.15, 0.2) is 11.5 Å². The highest BCUT2D eigenvalue weighted by molar-refractivity contribution is 5.75. The standard InChI is InChI=1S/C19H25N3O3/c1-3-24-16-7-4-5-8-17(16)25-19-11-10-15(14-22-19)13-21-18(23)9-6-12-20-2/h4-5,7-8,10-11,14,20H,3,6,9,12-13H2,1-2H3,(H,21,23). The van der Waals surface area contributed by atoms with Gasteiger partial charge >= 0.3 is 0 Å². The fourth-order valence-corrected chi connectivity index (χ4v) is 2.21. The Bertz CT molecular complexity index is 659. The highest BCUT2D eigenvalue weighted by Gasteiger charge is 2.06. The van der Waals surface area contributed by atoms with E-state index in [0.29, 0.717) is 37.0 Å². The molecule has 134 valence electrons. The summed E-state index contributed by atoms with van der Waals surface area (Å²) in [6, 6.07) is 11.1. The number of para-hydroxylation sites is 2. The number of hydrogen-bond donors (Lipinski definition) is 2. The van der Waals surface area contributed by atoms with E-state index in [-0.39, 0.29) is 5.91 Å². The van der Waals surface area contributed by atoms with E-state index in [2.05, 4.69) is 15.6 Å². The second kappa shape index (κ2) is 10.3. The quantitative estimate of drug-likeness (QED) is 0.649. The SMILES string of the molecule is CCOc1ccccc1Oc1ccc(CNC(=O)CCCNC)cn1. The number of nitrogens with one attached hydrogen (secondary N) is 2. The molecule has 0 fully saturated rings. The zero-order chi connectivity index (χ0) is 17.9. The van der Waals surface area contributed by atoms with Gasteiger partial charge in [-0.1, -0.05) is 18.2 Å². The molecule has 2 rings (SSSR count). The lowest BCUT2D eigenvalue weighted by Gasteiger charge is -2.11. The molecule has 0 spiro atoms. The van der Waals surface area contributed by atoms with Crippen LogP contribution in [0.5, 0.6) is 17.4 Å². The van der Waals surface area contributed by atoms with Crippen molar-refractivity contribution in [3.63, 3.8) is 0 Å². The van der Waals surface area contributed by atoms with Crippen molar-refractivity contribution in [3.8, 4) is 17.4 Å². The summed E-state index contributed by atoms with van der Waals surface area (Å²) in [6.07, 6.45) is 3.04. The van der Waals surface area contributed by atoms with Crippen molar-refractivity contribution >= 4 is 5.91 Å². The molecule has 0 saturated heterocycles. The molecule has 1 amide bonds. The number of carbonyl (C=O) groups excluding carboxylic acids is 1. The molecule has 2 N–H and O–H groups in total. The van der Waals surface area contributed by atoms with Gasteiger partial charge in [0, 0.05) is 25.2 Å². The van der Waals surface area contributed by atoms with Crippen LogP contribution in [0.2, 0.25) is 0 Å². The Hall–Kier alpha value is -2.60. The number of rotatable bonds is 10. The first-order valence-corrected chi connectivity index (χ1v) is 8.49. The van der Waals surface area contributed by atoms with Crippen LogP contribution in [0.3, 0.4) is 0 Å². The Morgan fingerprint density at radius 2 is 1.96 bits per heavy atom. The summed E-state index contributed by atoms with van der Waals surface area (Å²) in [5.41, 5.74) is 0.924. The largest absolute Gasteiger partial charge is 0.490 e. The van der Waals surface area contributed by atoms with Gasteiger partial charge in [0.2, 0.25) is 11.8 Å². The van der Waals surface area contributed by atoms with Gasteiger partial charge in [-0.25, -0.2) is 4.98 Å². The molecule has 0 atom stereocenters. The first-order valence-electron chi connectivity index (χ1n) is 8.49. The number of ether oxygens (including phenoxy) is 2. The molecule has 0 aliphatic carbocycles. The van der Waals surface area contributed by atoms with Crippen LogP contribution in [0, 0.1) is 0 Å². The molecule has 6 heteroatoms. The summed E-state index contributed by atoms with van der Waals surface area (Å²) in [5, 5.41) is 5.91. The lowest BCUT2D eigenvalue weighted by Crippen LogP contribution is -2.23. The summed E-state index contributed by atoms with van der Waals surface area (Å²) in [6.45, 7) is 3.79. The monoisotopic (exact) mass is 343 g/mol. The van der Waals surface area contributed by atoms with Crippen LogP contribution in [-0.2, 0) is 11.3 Å². The van der Waals surface area contributed by atoms with Gasteiger partial charge in [-0.15, -0.1) is 0 Å². The number of pyridine rings is 1. The molecule has 1 aromatic carbocycles. The molecule has 25 heavy (non-hydrogen) atoms. The van der Waals surface area contributed by atoms with Crippen molar-refractivity contribution in [3.05, 3.63) is 48.2 Å². The van der Waals surface area contributed by atoms with Gasteiger partial charge in [0.25, 0.3) is 0 Å². The maximum absolute atomic E-state index is 11.7. The highest BCUT2D eigenvalue weighted by Crippen LogP contribution is 2.30. The van der Waals surface area contributed by atoms with Crippen molar-refractivity contribution in [2.24, 2.45) is 0 Å². The molecule has 0 aliphatic rings. The maximum Gasteiger partial charge on any atom is 0.220 e. The molecular formula is C19H25N3O3. The van der Waals surface area contributed by atoms with Gasteiger partial charge in [0.05, 0.1) is 6.61 Å². The van der Waals surface area contributed by atoms with Gasteiger partial charge in [-0.05, 0) is 44.6 Å². The minimum atomic E-state index is 0.0428. The smallest absolute Gasteiger partial charge is 0.220 e. The first-order chi connectivity index (χ1) is 12.2. The topological polar surface area (TPSA) is 72.5 Å². The predicted octanol–water partition coefficient (Wildman–Crippen LogP) is 2.89. The Kier molecular flexibility index (Phi) is 7.72. The van der Waals surface area contributed by atoms with Crippen LogP contribution in [0.4, 0.5) is 0 Å². The second-order valence-electron chi connectivity index (χ2n) is 5.47. The number of nitrogens with zero attached hydrogens (tertiary/aromatic N) is 1. The van der Waals surface area contributed by atoms with Crippen LogP contribution >= 0.6 is 0 Å². The van der Waals surface area contributed by atoms with E-state index in [0.717, 1.165) is 18.5 Å². The summed E-state index contributed by atoms with van der Waals surface area (Å²) in [5.74, 6) is 1.84. The number of carbonyl (C=O) groups is 1. The molecule has 1 aromatic heterocycles. The molecule has 0 radical (unpaired) electrons. The molecule has 1 heterocycles. The van der Waals surface area contributed by atoms with Crippen LogP contribution < -0.4 is 20.1 Å². The number of amides is 1. The third-order valence-corrected chi connectivity index (χ3v) is 3.48. The predicted molar refractivity (Wildman–Crippen MR) is 96.9 cm³/mol. The average Bonchev–Trinajstić information content (AvgIpc) is 2.63. The summed E-state index contributed by atoms with van der Waals surface area (Å²) >= 11 is 0. The van der Waals surface area contributed by atoms with Gasteiger partial charge < -0.3 is 20.1 Å². The molecule has 2 aromatic rings. The average molecular weight is 343 g/mol. The van der Waals surface area contributed by atoms with Crippen molar-refractivity contribution in [1.82, 2.24) is 15.6 Å². The lowest BCUT2D eigenvalue weighted by atomic mass is 10.2. The highest BCUT2D eigenvalue weighted by atomic mass is 16.5. The third kappa shape index (κ3) is 6.43. The minimum absolute atomic E-state index is 0.0428. The number of benzene rings is 1. The Balaban J connectivity index is 1.87. The van der Waals surface area contributed by atoms with E-state index in [1.54, 1.807) is 12.3 Å². The van der Waals surface area contributed by atoms with Gasteiger partial charge in [-0.2, -0.15) is 0 Å². The van der Waals surface area contributed by atoms with E-state index in [4.69, 9.17) is 9.47 Å². The van der Waals surface area contributed by atoms with Crippen molar-refractivity contribution in [1.29, 1.82) is 0 Å². The fourth-order valence-electron chi connectivity index (χ4n) is 2.21. The fraction of sp³-hybridized carbons (Fsp3) is 0.368. The summed E-state index contributed by atoms with van der Waals surface area (Å²) in [4.78, 5) is 16.0. The lowest BCUT2D eigenvalue weighted by molar-refractivity contribution is -0.121. The van der Waals surface area contributed by atoms with Gasteiger partial charge in [-0.3, -0.25) is 4.79 Å². The van der Waals surface area contributed by atoms with E-state index in [9.17, 15) is 4.79 Å². The molecule has 6 nitrogen and oxygen atoms in total.